The van der Waals surface area contributed by atoms with Gasteiger partial charge in [-0.3, -0.25) is 9.59 Å². The zero-order valence-electron chi connectivity index (χ0n) is 49.2. The molecule has 0 saturated carbocycles. The summed E-state index contributed by atoms with van der Waals surface area (Å²) in [5.41, 5.74) is 5.47. The van der Waals surface area contributed by atoms with Gasteiger partial charge in [-0.1, -0.05) is 47.5 Å². The van der Waals surface area contributed by atoms with Gasteiger partial charge in [-0.15, -0.1) is 20.5 Å². The van der Waals surface area contributed by atoms with Crippen LogP contribution < -0.4 is 19.5 Å². The summed E-state index contributed by atoms with van der Waals surface area (Å²) >= 11 is 0. The Morgan fingerprint density at radius 2 is 0.865 bits per heavy atom. The molecular weight excluding hydrogens is 1180 g/mol. The first-order valence-corrected chi connectivity index (χ1v) is 30.7. The van der Waals surface area contributed by atoms with Crippen LogP contribution in [0.4, 0.5) is 45.5 Å². The molecule has 2 amide bonds. The Labute approximate surface area is 510 Å². The molecule has 8 aromatic carbocycles. The quantitative estimate of drug-likeness (QED) is 0.0408. The standard InChI is InChI=1S/C62H58N12O13S2/c1-33-9-17-43(18-10-33)73-61(79)57(37(5)71-73)69-63-41-15-13-39-25-35(3)55(59(77)45(39)27-41)67-65-47-29-51(85-7)53(31-49(47)75)88(81,82)23-21-87-22-24-89(83,84)54-32-50(76)48(30-52(54)86-8)66-68-56-36(4)26-40-14-16-42(28-46(40)60(56)78)64-70-58-38(6)72-74(62(58)80)44-19-11-34(2)12-20-44/h9-20,25-32,57-58,75-78H,21-24H2,1-8H3. The van der Waals surface area contributed by atoms with Crippen molar-refractivity contribution in [1.82, 2.24) is 0 Å². The molecule has 0 fully saturated rings. The first kappa shape index (κ1) is 61.7. The molecule has 0 bridgehead atoms. The third kappa shape index (κ3) is 12.9. The normalized spacial score (nSPS) is 15.7. The summed E-state index contributed by atoms with van der Waals surface area (Å²) in [4.78, 5) is 25.7. The number of aromatic hydroxyl groups is 4. The lowest BCUT2D eigenvalue weighted by Crippen LogP contribution is -2.29. The smallest absolute Gasteiger partial charge is 0.280 e. The van der Waals surface area contributed by atoms with Gasteiger partial charge in [-0.25, -0.2) is 16.8 Å². The fourth-order valence-corrected chi connectivity index (χ4v) is 12.2. The highest BCUT2D eigenvalue weighted by molar-refractivity contribution is 7.91. The van der Waals surface area contributed by atoms with Crippen molar-refractivity contribution in [3.8, 4) is 34.5 Å². The molecule has 27 heteroatoms. The van der Waals surface area contributed by atoms with Gasteiger partial charge in [-0.05, 0) is 124 Å². The number of rotatable bonds is 20. The summed E-state index contributed by atoms with van der Waals surface area (Å²) in [6, 6.07) is 30.3. The third-order valence-corrected chi connectivity index (χ3v) is 17.9. The van der Waals surface area contributed by atoms with E-state index in [1.807, 2.05) is 38.1 Å². The maximum absolute atomic E-state index is 13.6. The van der Waals surface area contributed by atoms with E-state index in [2.05, 4.69) is 51.1 Å². The van der Waals surface area contributed by atoms with E-state index in [0.717, 1.165) is 35.4 Å². The zero-order chi connectivity index (χ0) is 63.6. The van der Waals surface area contributed by atoms with E-state index in [1.54, 1.807) is 100 Å². The summed E-state index contributed by atoms with van der Waals surface area (Å²) in [5.74, 6) is -4.24. The number of nitrogens with zero attached hydrogens (tertiary/aromatic N) is 12. The molecule has 2 aliphatic rings. The number of carbonyl (C=O) groups is 2. The number of hydrazone groups is 2. The van der Waals surface area contributed by atoms with Gasteiger partial charge in [0, 0.05) is 35.0 Å². The Balaban J connectivity index is 0.761. The van der Waals surface area contributed by atoms with Gasteiger partial charge >= 0.3 is 0 Å². The Morgan fingerprint density at radius 1 is 0.483 bits per heavy atom. The summed E-state index contributed by atoms with van der Waals surface area (Å²) in [5, 5.41) is 92.1. The van der Waals surface area contributed by atoms with Crippen molar-refractivity contribution < 1.29 is 61.1 Å². The van der Waals surface area contributed by atoms with E-state index in [4.69, 9.17) is 14.2 Å². The number of sulfone groups is 2. The minimum atomic E-state index is -4.26. The molecule has 2 heterocycles. The molecule has 8 aromatic rings. The number of hydrogen-bond acceptors (Lipinski definition) is 23. The highest BCUT2D eigenvalue weighted by Crippen LogP contribution is 2.45. The molecule has 2 aliphatic heterocycles. The second kappa shape index (κ2) is 25.1. The van der Waals surface area contributed by atoms with Crippen LogP contribution >= 0.6 is 0 Å². The molecule has 456 valence electrons. The second-order valence-corrected chi connectivity index (χ2v) is 25.1. The van der Waals surface area contributed by atoms with Crippen LogP contribution in [0.3, 0.4) is 0 Å². The van der Waals surface area contributed by atoms with Gasteiger partial charge in [0.15, 0.2) is 43.3 Å². The van der Waals surface area contributed by atoms with E-state index in [1.165, 1.54) is 24.2 Å². The Morgan fingerprint density at radius 3 is 1.24 bits per heavy atom. The number of amides is 2. The van der Waals surface area contributed by atoms with E-state index in [0.29, 0.717) is 66.8 Å². The molecule has 0 spiro atoms. The largest absolute Gasteiger partial charge is 0.506 e. The lowest BCUT2D eigenvalue weighted by Gasteiger charge is -2.13. The van der Waals surface area contributed by atoms with Crippen LogP contribution in [-0.4, -0.2) is 112 Å². The molecule has 2 unspecified atom stereocenters. The minimum Gasteiger partial charge on any atom is -0.506 e. The molecule has 25 nitrogen and oxygen atoms in total. The van der Waals surface area contributed by atoms with Gasteiger partial charge in [-0.2, -0.15) is 40.7 Å². The number of fused-ring (bicyclic) bond motifs is 2. The van der Waals surface area contributed by atoms with Crippen LogP contribution in [0.2, 0.25) is 0 Å². The number of carbonyl (C=O) groups excluding carboxylic acids is 2. The average Bonchev–Trinajstić information content (AvgIpc) is 1.90. The highest BCUT2D eigenvalue weighted by Gasteiger charge is 2.36. The van der Waals surface area contributed by atoms with Crippen LogP contribution in [0.15, 0.2) is 182 Å². The van der Waals surface area contributed by atoms with Crippen LogP contribution in [-0.2, 0) is 34.0 Å². The number of benzene rings is 8. The lowest BCUT2D eigenvalue weighted by molar-refractivity contribution is -0.118. The molecule has 0 aromatic heterocycles. The Hall–Kier alpha value is -10.4. The van der Waals surface area contributed by atoms with Gasteiger partial charge in [0.25, 0.3) is 11.8 Å². The number of ether oxygens (including phenoxy) is 3. The van der Waals surface area contributed by atoms with Crippen molar-refractivity contribution >= 4 is 110 Å². The van der Waals surface area contributed by atoms with Gasteiger partial charge in [0.1, 0.15) is 55.5 Å². The van der Waals surface area contributed by atoms with Gasteiger partial charge < -0.3 is 34.6 Å². The van der Waals surface area contributed by atoms with Gasteiger partial charge in [0.2, 0.25) is 0 Å². The minimum absolute atomic E-state index is 0.0310. The molecule has 10 rings (SSSR count). The third-order valence-electron chi connectivity index (χ3n) is 14.6. The monoisotopic (exact) mass is 1240 g/mol. The van der Waals surface area contributed by atoms with Crippen molar-refractivity contribution in [1.29, 1.82) is 0 Å². The Kier molecular flexibility index (Phi) is 17.4. The maximum Gasteiger partial charge on any atom is 0.280 e. The van der Waals surface area contributed by atoms with Crippen molar-refractivity contribution in [2.75, 3.05) is 49.0 Å². The number of phenols is 4. The summed E-state index contributed by atoms with van der Waals surface area (Å²) in [7, 11) is -6.11. The Bertz CT molecular complexity index is 4320. The molecule has 4 N–H and O–H groups in total. The number of azo groups is 4. The zero-order valence-corrected chi connectivity index (χ0v) is 50.8. The summed E-state index contributed by atoms with van der Waals surface area (Å²) < 4.78 is 70.8. The van der Waals surface area contributed by atoms with Crippen molar-refractivity contribution in [3.05, 3.63) is 144 Å². The van der Waals surface area contributed by atoms with Crippen LogP contribution in [0.1, 0.15) is 36.1 Å². The number of anilines is 2. The van der Waals surface area contributed by atoms with Crippen LogP contribution in [0.25, 0.3) is 21.5 Å². The highest BCUT2D eigenvalue weighted by atomic mass is 32.2. The van der Waals surface area contributed by atoms with Gasteiger partial charge in [0.05, 0.1) is 73.1 Å². The fraction of sp³-hybridized carbons (Fsp3) is 0.226. The summed E-state index contributed by atoms with van der Waals surface area (Å²) in [6.45, 7) is 9.65. The average molecular weight is 1240 g/mol. The van der Waals surface area contributed by atoms with Crippen LogP contribution in [0, 0.1) is 27.7 Å². The molecular formula is C62H58N12O13S2. The van der Waals surface area contributed by atoms with Crippen molar-refractivity contribution in [2.45, 2.75) is 63.4 Å². The first-order chi connectivity index (χ1) is 42.4. The maximum atomic E-state index is 13.6. The topological polar surface area (TPSA) is 341 Å². The fourth-order valence-electron chi connectivity index (χ4n) is 9.64. The predicted molar refractivity (Wildman–Crippen MR) is 333 cm³/mol. The van der Waals surface area contributed by atoms with E-state index in [9.17, 15) is 46.9 Å². The van der Waals surface area contributed by atoms with E-state index >= 15 is 0 Å². The van der Waals surface area contributed by atoms with Crippen molar-refractivity contribution in [3.63, 3.8) is 0 Å². The predicted octanol–water partition coefficient (Wildman–Crippen LogP) is 12.9. The van der Waals surface area contributed by atoms with Crippen molar-refractivity contribution in [2.24, 2.45) is 51.1 Å². The van der Waals surface area contributed by atoms with Crippen LogP contribution in [0.5, 0.6) is 34.5 Å². The molecule has 0 radical (unpaired) electrons. The second-order valence-electron chi connectivity index (χ2n) is 20.9. The molecule has 2 atom stereocenters. The van der Waals surface area contributed by atoms with E-state index < -0.39 is 77.8 Å². The SMILES string of the molecule is COc1cc(N=Nc2c(C)cc3ccc(N=NC4C(=O)N(c5ccc(C)cc5)N=C4C)cc3c2O)c(O)cc1S(=O)(=O)CCOCCS(=O)(=O)c1cc(O)c(N=Nc2c(C)cc3ccc(N=NC4C(=O)N(c5ccc(C)cc5)N=C4C)cc3c2O)cc1OC. The first-order valence-electron chi connectivity index (χ1n) is 27.4. The molecule has 89 heavy (non-hydrogen) atoms. The molecule has 0 saturated heterocycles. The number of phenolic OH excluding ortho intramolecular Hbond substituents is 4. The lowest BCUT2D eigenvalue weighted by atomic mass is 10.0. The number of aryl methyl sites for hydroxylation is 4. The molecule has 0 aliphatic carbocycles. The van der Waals surface area contributed by atoms with E-state index in [-0.39, 0.29) is 57.6 Å². The number of methoxy groups -OCH3 is 2. The summed E-state index contributed by atoms with van der Waals surface area (Å²) in [6.07, 6.45) is 0. The number of hydrogen-bond donors (Lipinski definition) is 4.